The lowest BCUT2D eigenvalue weighted by atomic mass is 9.72. The second-order valence-corrected chi connectivity index (χ2v) is 28.6. The van der Waals surface area contributed by atoms with Gasteiger partial charge in [-0.1, -0.05) is 219 Å². The quantitative estimate of drug-likeness (QED) is 0.0217. The standard InChI is InChI=1S/7C16H25NO2/c7*1-17(2)12-15(13-6-8-14(18)9-7-13)16(19)10-4-3-5-11-16/h7*6-9,15,18-19H,3-5,10-12H2,1-2H3/i1D3,2D3,3D2,4D2,5D2,8D,9D,10D2,11D2,12D2;1D3,3D2,4D2,5D2,8D,9D,10D2,11D2,15D;1D3,3D2,4D2,5D2,8D,9D,10D2,11D2,12D2;1D3,2D3,3D2,4D2,5D2,8D,9D,10D2,11D2;3D2,4D2,5D2,8D,9D,10D2,11D2,15D;3D2,4D2,5D2,8D,9D,10D2,11D2,12D2;1D3,3D2,4D2,5D2,8D,9D,10D2,11D2. The maximum absolute atomic E-state index is 11.9. The van der Waals surface area contributed by atoms with Gasteiger partial charge in [0.25, 0.3) is 0 Å². The molecule has 14 N–H and O–H groups in total. The van der Waals surface area contributed by atoms with E-state index in [-0.39, 0.29) is 9.80 Å². The number of nitrogens with zero attached hydrogens (tertiary/aromatic N) is 7. The van der Waals surface area contributed by atoms with Crippen LogP contribution in [0.1, 0.15) is 458 Å². The number of rotatable bonds is 28. The largest absolute Gasteiger partial charge is 0.508 e. The van der Waals surface area contributed by atoms with E-state index in [1.165, 1.54) is 19.0 Å². The van der Waals surface area contributed by atoms with E-state index in [1.54, 1.807) is 0 Å². The summed E-state index contributed by atoms with van der Waals surface area (Å²) in [6, 6.07) is -2.52. The average Bonchev–Trinajstić information content (AvgIpc) is 0.637. The minimum absolute atomic E-state index is 0.0245. The van der Waals surface area contributed by atoms with Crippen LogP contribution in [0.5, 0.6) is 40.2 Å². The molecule has 21 heteroatoms. The summed E-state index contributed by atoms with van der Waals surface area (Å²) in [6.45, 7) is -39.4. The molecule has 0 aliphatic heterocycles. The normalized spacial score (nSPS) is 47.6. The van der Waals surface area contributed by atoms with Crippen molar-refractivity contribution in [2.24, 2.45) is 0 Å². The molecule has 0 radical (unpaired) electrons. The number of hydrogen-bond donors (Lipinski definition) is 14. The predicted molar refractivity (Wildman–Crippen MR) is 542 cm³/mol. The lowest BCUT2D eigenvalue weighted by Crippen LogP contribution is -2.42. The van der Waals surface area contributed by atoms with Crippen LogP contribution >= 0.6 is 0 Å². The molecule has 21 nitrogen and oxygen atoms in total. The Balaban J connectivity index is 0.000000338. The molecule has 7 aromatic rings. The number of aromatic hydroxyl groups is 7. The van der Waals surface area contributed by atoms with Gasteiger partial charge in [-0.05, 0) is 311 Å². The molecule has 7 aromatic carbocycles. The third-order valence-corrected chi connectivity index (χ3v) is 17.9. The molecular formula is C112H175N7O14. The summed E-state index contributed by atoms with van der Waals surface area (Å²) in [5.74, 6) is -26.0. The molecule has 7 saturated carbocycles. The van der Waals surface area contributed by atoms with Crippen molar-refractivity contribution in [2.75, 3.05) is 144 Å². The molecule has 7 aliphatic carbocycles. The third-order valence-electron chi connectivity index (χ3n) is 17.9. The smallest absolute Gasteiger partial charge is 0.115 e. The van der Waals surface area contributed by atoms with E-state index < -0.39 is 567 Å². The molecule has 7 atom stereocenters. The highest BCUT2D eigenvalue weighted by atomic mass is 16.3. The van der Waals surface area contributed by atoms with Gasteiger partial charge in [0.1, 0.15) is 40.2 Å². The Kier molecular flexibility index (Phi) is 13.0. The molecule has 14 rings (SSSR count). The van der Waals surface area contributed by atoms with E-state index in [0.29, 0.717) is 65.4 Å². The van der Waals surface area contributed by atoms with Crippen molar-refractivity contribution in [3.05, 3.63) is 208 Å². The predicted octanol–water partition coefficient (Wildman–Crippen LogP) is 19.1. The first-order chi connectivity index (χ1) is 107. The fourth-order valence-electron chi connectivity index (χ4n) is 11.8. The Morgan fingerprint density at radius 1 is 0.233 bits per heavy atom. The Hall–Kier alpha value is -7.42. The molecule has 742 valence electrons. The summed E-state index contributed by atoms with van der Waals surface area (Å²) < 4.78 is 912. The molecule has 7 unspecified atom stereocenters. The first kappa shape index (κ1) is 32.3. The highest BCUT2D eigenvalue weighted by Gasteiger charge is 2.46. The van der Waals surface area contributed by atoms with E-state index >= 15 is 0 Å². The number of phenols is 7. The zero-order chi connectivity index (χ0) is 197. The van der Waals surface area contributed by atoms with Crippen molar-refractivity contribution in [3.63, 3.8) is 0 Å². The maximum atomic E-state index is 11.9. The lowest BCUT2D eigenvalue weighted by Gasteiger charge is -2.40. The molecule has 0 aromatic heterocycles. The first-order valence-electron chi connectivity index (χ1n) is 94.6. The molecule has 7 aliphatic rings. The zero-order valence-electron chi connectivity index (χ0n) is 184. The van der Waals surface area contributed by atoms with Crippen LogP contribution in [0.4, 0.5) is 0 Å². The molecule has 0 spiro atoms. The summed E-state index contributed by atoms with van der Waals surface area (Å²) in [4.78, 5) is 1.89. The van der Waals surface area contributed by atoms with Crippen molar-refractivity contribution in [1.82, 2.24) is 34.3 Å². The summed E-state index contributed by atoms with van der Waals surface area (Å²) >= 11 is 0. The van der Waals surface area contributed by atoms with Crippen LogP contribution in [0.3, 0.4) is 0 Å². The van der Waals surface area contributed by atoms with E-state index in [9.17, 15) is 71.5 Å². The van der Waals surface area contributed by atoms with Gasteiger partial charge in [0.15, 0.2) is 0 Å². The topological polar surface area (TPSA) is 306 Å². The number of phenolic OH excluding ortho intramolecular Hbond substituents is 7. The van der Waals surface area contributed by atoms with E-state index in [1.807, 2.05) is 0 Å². The van der Waals surface area contributed by atoms with Gasteiger partial charge < -0.3 is 106 Å². The van der Waals surface area contributed by atoms with E-state index in [0.717, 1.165) is 69.5 Å². The van der Waals surface area contributed by atoms with Crippen LogP contribution in [-0.4, -0.2) is 289 Å². The van der Waals surface area contributed by atoms with Crippen LogP contribution in [0.2, 0.25) is 0 Å². The fourth-order valence-corrected chi connectivity index (χ4v) is 11.8. The van der Waals surface area contributed by atoms with Gasteiger partial charge in [0.05, 0.1) is 58.4 Å². The third kappa shape index (κ3) is 35.2. The summed E-state index contributed by atoms with van der Waals surface area (Å²) in [6.07, 6.45) is -140. The number of benzene rings is 7. The molecule has 0 amide bonds. The molecule has 0 bridgehead atoms. The van der Waals surface area contributed by atoms with Gasteiger partial charge in [0.2, 0.25) is 0 Å². The number of likely N-dealkylation sites (N-methyl/N-ethyl adjacent to an activating group) is 7. The van der Waals surface area contributed by atoms with E-state index in [4.69, 9.17) is 155 Å². The van der Waals surface area contributed by atoms with Crippen molar-refractivity contribution in [2.45, 2.75) is 304 Å². The van der Waals surface area contributed by atoms with Gasteiger partial charge in [-0.3, -0.25) is 0 Å². The summed E-state index contributed by atoms with van der Waals surface area (Å²) in [5, 5.41) is 151. The van der Waals surface area contributed by atoms with Gasteiger partial charge in [-0.2, -0.15) is 0 Å². The van der Waals surface area contributed by atoms with Crippen molar-refractivity contribution in [1.29, 1.82) is 0 Å². The zero-order valence-corrected chi connectivity index (χ0v) is 71.2. The Morgan fingerprint density at radius 2 is 0.406 bits per heavy atom. The van der Waals surface area contributed by atoms with Crippen LogP contribution < -0.4 is 0 Å². The number of aliphatic hydroxyl groups is 7. The van der Waals surface area contributed by atoms with Gasteiger partial charge in [0, 0.05) is 223 Å². The van der Waals surface area contributed by atoms with Crippen LogP contribution in [0.15, 0.2) is 170 Å². The SMILES string of the molecule is [2H]c1cc(C(C([2H])([2H])N(C([2H])([2H])[2H])C([2H])([2H])[2H])C2(O)C([2H])([2H])C([2H])([2H])C([2H])([2H])C([2H])([2H])C2([2H])[2H])cc([2H])c1O.[2H]c1cc(C(C([2H])([2H])N(C)C([2H])([2H])[2H])C2(O)C([2H])([2H])C([2H])([2H])C([2H])([2H])C([2H])([2H])C2([2H])[2H])cc([2H])c1O.[2H]c1cc(C(C([2H])([2H])N(C)C)C2(O)C([2H])([2H])C([2H])([2H])C([2H])([2H])C([2H])([2H])C2([2H])[2H])cc([2H])c1O.[2H]c1cc(C(CN(C([2H])([2H])[2H])C([2H])([2H])[2H])C2(O)C([2H])([2H])C([2H])([2H])C([2H])([2H])C([2H])([2H])C2([2H])[2H])cc([2H])c1O.[2H]c1cc(C(CN(C)C([2H])([2H])[2H])C2(O)C([2H])([2H])C([2H])([2H])C([2H])([2H])C([2H])([2H])C2([2H])[2H])cc([2H])c1O.[2H]c1cc(C([2H])(CN(C)C([2H])([2H])[2H])C2(O)C([2H])([2H])C([2H])([2H])C([2H])([2H])C([2H])([2H])C2([2H])[2H])cc([2H])c1O.[2H]c1cc(C([2H])(CN(C)C)C2(O)C([2H])([2H])C([2H])([2H])C([2H])([2H])C([2H])([2H])C2([2H])[2H])cc([2H])c1O. The lowest BCUT2D eigenvalue weighted by molar-refractivity contribution is -0.0280. The molecule has 0 heterocycles. The summed E-state index contributed by atoms with van der Waals surface area (Å²) in [7, 11) is 7.56. The van der Waals surface area contributed by atoms with Gasteiger partial charge in [-0.25, -0.2) is 0 Å². The maximum Gasteiger partial charge on any atom is 0.115 e. The van der Waals surface area contributed by atoms with Gasteiger partial charge >= 0.3 is 0 Å². The molecule has 7 fully saturated rings. The Labute approximate surface area is 959 Å². The monoisotopic (exact) mass is 1960 g/mol. The molecule has 0 saturated heterocycles. The fraction of sp³-hybridized carbons (Fsp3) is 0.625. The van der Waals surface area contributed by atoms with E-state index in [2.05, 4.69) is 0 Å². The van der Waals surface area contributed by atoms with Crippen LogP contribution in [0.25, 0.3) is 0 Å². The summed E-state index contributed by atoms with van der Waals surface area (Å²) in [5.41, 5.74) is -33.5. The minimum Gasteiger partial charge on any atom is -0.508 e. The number of hydrogen-bond acceptors (Lipinski definition) is 21. The van der Waals surface area contributed by atoms with Crippen LogP contribution in [-0.2, 0) is 0 Å². The molecular weight excluding hydrogens is 1670 g/mol. The Morgan fingerprint density at radius 3 is 0.624 bits per heavy atom. The second kappa shape index (κ2) is 53.5. The second-order valence-electron chi connectivity index (χ2n) is 28.6. The van der Waals surface area contributed by atoms with Crippen LogP contribution in [0, 0.1) is 0 Å². The Bertz CT molecular complexity index is 9760. The first-order valence-corrected chi connectivity index (χ1v) is 38.1. The van der Waals surface area contributed by atoms with Crippen molar-refractivity contribution >= 4 is 0 Å². The highest BCUT2D eigenvalue weighted by Crippen LogP contribution is 2.48. The minimum atomic E-state index is -4.49. The van der Waals surface area contributed by atoms with Crippen molar-refractivity contribution < 1.29 is 226 Å². The highest BCUT2D eigenvalue weighted by molar-refractivity contribution is 5.37. The van der Waals surface area contributed by atoms with Gasteiger partial charge in [-0.15, -0.1) is 0 Å². The average molecular weight is 1960 g/mol. The van der Waals surface area contributed by atoms with Crippen molar-refractivity contribution in [3.8, 4) is 40.2 Å². The molecule has 133 heavy (non-hydrogen) atoms.